The zero-order valence-corrected chi connectivity index (χ0v) is 16.4. The lowest BCUT2D eigenvalue weighted by Gasteiger charge is -2.12. The van der Waals surface area contributed by atoms with Gasteiger partial charge in [0.2, 0.25) is 0 Å². The minimum Gasteiger partial charge on any atom is -0.496 e. The van der Waals surface area contributed by atoms with Crippen LogP contribution in [0.15, 0.2) is 72.8 Å². The van der Waals surface area contributed by atoms with Gasteiger partial charge in [0.1, 0.15) is 18.1 Å². The van der Waals surface area contributed by atoms with Crippen molar-refractivity contribution in [3.05, 3.63) is 101 Å². The van der Waals surface area contributed by atoms with Crippen molar-refractivity contribution >= 4 is 11.9 Å². The number of rotatable bonds is 7. The average Bonchev–Trinajstić information content (AvgIpc) is 2.71. The van der Waals surface area contributed by atoms with E-state index in [-0.39, 0.29) is 5.78 Å². The molecule has 3 aromatic rings. The Bertz CT molecular complexity index is 1000. The van der Waals surface area contributed by atoms with Crippen molar-refractivity contribution in [3.63, 3.8) is 0 Å². The van der Waals surface area contributed by atoms with Crippen LogP contribution in [0.5, 0.6) is 11.5 Å². The first-order valence-electron chi connectivity index (χ1n) is 9.21. The summed E-state index contributed by atoms with van der Waals surface area (Å²) in [7, 11) is 1.64. The molecule has 0 bridgehead atoms. The molecule has 142 valence electrons. The van der Waals surface area contributed by atoms with Gasteiger partial charge in [-0.05, 0) is 55.3 Å². The number of benzene rings is 3. The molecule has 28 heavy (non-hydrogen) atoms. The lowest BCUT2D eigenvalue weighted by molar-refractivity contribution is 0.104. The second-order valence-corrected chi connectivity index (χ2v) is 6.69. The Kier molecular flexibility index (Phi) is 6.28. The molecule has 0 aliphatic rings. The summed E-state index contributed by atoms with van der Waals surface area (Å²) >= 11 is 0. The molecule has 3 nitrogen and oxygen atoms in total. The van der Waals surface area contributed by atoms with Gasteiger partial charge in [0.15, 0.2) is 5.78 Å². The summed E-state index contributed by atoms with van der Waals surface area (Å²) in [6.45, 7) is 4.38. The SMILES string of the molecule is COc1ccc(/C=C/C(=O)c2cccc(C)c2)cc1COc1ccccc1C. The van der Waals surface area contributed by atoms with Gasteiger partial charge >= 0.3 is 0 Å². The highest BCUT2D eigenvalue weighted by molar-refractivity contribution is 6.06. The molecule has 0 N–H and O–H groups in total. The van der Waals surface area contributed by atoms with Crippen LogP contribution in [0, 0.1) is 13.8 Å². The van der Waals surface area contributed by atoms with Crippen LogP contribution in [0.2, 0.25) is 0 Å². The standard InChI is InChI=1S/C25H24O3/c1-18-7-6-9-21(15-18)23(26)13-11-20-12-14-25(27-3)22(16-20)17-28-24-10-5-4-8-19(24)2/h4-16H,17H2,1-3H3/b13-11+. The molecular formula is C25H24O3. The molecule has 0 aliphatic carbocycles. The number of carbonyl (C=O) groups is 1. The highest BCUT2D eigenvalue weighted by atomic mass is 16.5. The van der Waals surface area contributed by atoms with Crippen LogP contribution < -0.4 is 9.47 Å². The maximum absolute atomic E-state index is 12.4. The number of ketones is 1. The summed E-state index contributed by atoms with van der Waals surface area (Å²) in [5, 5.41) is 0. The van der Waals surface area contributed by atoms with Crippen LogP contribution in [0.25, 0.3) is 6.08 Å². The Labute approximate surface area is 166 Å². The second kappa shape index (κ2) is 9.05. The van der Waals surface area contributed by atoms with E-state index >= 15 is 0 Å². The van der Waals surface area contributed by atoms with Crippen LogP contribution in [-0.4, -0.2) is 12.9 Å². The fourth-order valence-electron chi connectivity index (χ4n) is 2.96. The third kappa shape index (κ3) is 4.89. The monoisotopic (exact) mass is 372 g/mol. The number of para-hydroxylation sites is 1. The van der Waals surface area contributed by atoms with E-state index in [9.17, 15) is 4.79 Å². The molecule has 0 heterocycles. The van der Waals surface area contributed by atoms with Gasteiger partial charge in [-0.25, -0.2) is 0 Å². The molecule has 3 aromatic carbocycles. The van der Waals surface area contributed by atoms with Crippen LogP contribution in [0.4, 0.5) is 0 Å². The Morgan fingerprint density at radius 1 is 0.929 bits per heavy atom. The predicted octanol–water partition coefficient (Wildman–Crippen LogP) is 5.79. The number of carbonyl (C=O) groups excluding carboxylic acids is 1. The molecule has 0 amide bonds. The van der Waals surface area contributed by atoms with Crippen LogP contribution in [-0.2, 0) is 6.61 Å². The van der Waals surface area contributed by atoms with E-state index in [1.54, 1.807) is 13.2 Å². The van der Waals surface area contributed by atoms with Gasteiger partial charge in [-0.2, -0.15) is 0 Å². The Hall–Kier alpha value is -3.33. The van der Waals surface area contributed by atoms with Gasteiger partial charge in [-0.1, -0.05) is 54.1 Å². The maximum atomic E-state index is 12.4. The fraction of sp³-hybridized carbons (Fsp3) is 0.160. The molecule has 0 radical (unpaired) electrons. The number of hydrogen-bond acceptors (Lipinski definition) is 3. The average molecular weight is 372 g/mol. The first kappa shape index (κ1) is 19.4. The molecule has 0 unspecified atom stereocenters. The number of allylic oxidation sites excluding steroid dienone is 1. The van der Waals surface area contributed by atoms with E-state index < -0.39 is 0 Å². The Morgan fingerprint density at radius 2 is 1.75 bits per heavy atom. The van der Waals surface area contributed by atoms with Crippen LogP contribution in [0.1, 0.15) is 32.6 Å². The van der Waals surface area contributed by atoms with E-state index in [4.69, 9.17) is 9.47 Å². The van der Waals surface area contributed by atoms with E-state index in [0.29, 0.717) is 12.2 Å². The predicted molar refractivity (Wildman–Crippen MR) is 113 cm³/mol. The molecule has 0 spiro atoms. The zero-order valence-electron chi connectivity index (χ0n) is 16.4. The van der Waals surface area contributed by atoms with Crippen molar-refractivity contribution < 1.29 is 14.3 Å². The third-order valence-corrected chi connectivity index (χ3v) is 4.51. The Morgan fingerprint density at radius 3 is 2.50 bits per heavy atom. The highest BCUT2D eigenvalue weighted by Gasteiger charge is 2.07. The van der Waals surface area contributed by atoms with Gasteiger partial charge in [0, 0.05) is 11.1 Å². The third-order valence-electron chi connectivity index (χ3n) is 4.51. The minimum atomic E-state index is -0.0165. The van der Waals surface area contributed by atoms with Crippen molar-refractivity contribution in [2.45, 2.75) is 20.5 Å². The van der Waals surface area contributed by atoms with Gasteiger partial charge in [0.25, 0.3) is 0 Å². The van der Waals surface area contributed by atoms with Crippen LogP contribution in [0.3, 0.4) is 0 Å². The van der Waals surface area contributed by atoms with Gasteiger partial charge in [-0.15, -0.1) is 0 Å². The second-order valence-electron chi connectivity index (χ2n) is 6.69. The number of hydrogen-bond donors (Lipinski definition) is 0. The summed E-state index contributed by atoms with van der Waals surface area (Å²) < 4.78 is 11.4. The largest absolute Gasteiger partial charge is 0.496 e. The van der Waals surface area contributed by atoms with Crippen molar-refractivity contribution in [3.8, 4) is 11.5 Å². The van der Waals surface area contributed by atoms with Crippen molar-refractivity contribution in [2.75, 3.05) is 7.11 Å². The van der Waals surface area contributed by atoms with Crippen LogP contribution >= 0.6 is 0 Å². The van der Waals surface area contributed by atoms with Crippen molar-refractivity contribution in [2.24, 2.45) is 0 Å². The number of aryl methyl sites for hydroxylation is 2. The van der Waals surface area contributed by atoms with Crippen molar-refractivity contribution in [1.82, 2.24) is 0 Å². The molecule has 0 atom stereocenters. The highest BCUT2D eigenvalue weighted by Crippen LogP contribution is 2.24. The number of ether oxygens (including phenoxy) is 2. The smallest absolute Gasteiger partial charge is 0.185 e. The van der Waals surface area contributed by atoms with Gasteiger partial charge in [-0.3, -0.25) is 4.79 Å². The van der Waals surface area contributed by atoms with E-state index in [1.165, 1.54) is 0 Å². The topological polar surface area (TPSA) is 35.5 Å². The summed E-state index contributed by atoms with van der Waals surface area (Å²) in [6.07, 6.45) is 3.42. The van der Waals surface area contributed by atoms with Crippen molar-refractivity contribution in [1.29, 1.82) is 0 Å². The fourth-order valence-corrected chi connectivity index (χ4v) is 2.96. The van der Waals surface area contributed by atoms with E-state index in [2.05, 4.69) is 0 Å². The maximum Gasteiger partial charge on any atom is 0.185 e. The first-order valence-corrected chi connectivity index (χ1v) is 9.21. The molecule has 0 saturated carbocycles. The molecule has 0 fully saturated rings. The number of methoxy groups -OCH3 is 1. The molecule has 3 heteroatoms. The van der Waals surface area contributed by atoms with Gasteiger partial charge in [0.05, 0.1) is 7.11 Å². The summed E-state index contributed by atoms with van der Waals surface area (Å²) in [6, 6.07) is 21.3. The molecule has 0 aromatic heterocycles. The summed E-state index contributed by atoms with van der Waals surface area (Å²) in [5.41, 5.74) is 4.69. The normalized spacial score (nSPS) is 10.8. The molecular weight excluding hydrogens is 348 g/mol. The Balaban J connectivity index is 1.76. The lowest BCUT2D eigenvalue weighted by Crippen LogP contribution is -2.00. The zero-order chi connectivity index (χ0) is 19.9. The first-order chi connectivity index (χ1) is 13.6. The molecule has 3 rings (SSSR count). The lowest BCUT2D eigenvalue weighted by atomic mass is 10.1. The molecule has 0 saturated heterocycles. The summed E-state index contributed by atoms with van der Waals surface area (Å²) in [5.74, 6) is 1.59. The minimum absolute atomic E-state index is 0.0165. The van der Waals surface area contributed by atoms with E-state index in [1.807, 2.05) is 86.7 Å². The summed E-state index contributed by atoms with van der Waals surface area (Å²) in [4.78, 5) is 12.4. The molecule has 0 aliphatic heterocycles. The van der Waals surface area contributed by atoms with E-state index in [0.717, 1.165) is 33.8 Å². The quantitative estimate of drug-likeness (QED) is 0.389. The van der Waals surface area contributed by atoms with Gasteiger partial charge < -0.3 is 9.47 Å².